The second-order valence-corrected chi connectivity index (χ2v) is 7.30. The normalized spacial score (nSPS) is 12.9. The van der Waals surface area contributed by atoms with E-state index >= 15 is 0 Å². The highest BCUT2D eigenvalue weighted by Gasteiger charge is 2.29. The van der Waals surface area contributed by atoms with Crippen molar-refractivity contribution in [2.45, 2.75) is 46.8 Å². The maximum atomic E-state index is 12.6. The third-order valence-corrected chi connectivity index (χ3v) is 4.70. The van der Waals surface area contributed by atoms with Crippen LogP contribution in [0.5, 0.6) is 0 Å². The Hall–Kier alpha value is -2.95. The topological polar surface area (TPSA) is 72.5 Å². The average Bonchev–Trinajstić information content (AvgIpc) is 2.67. The van der Waals surface area contributed by atoms with E-state index in [2.05, 4.69) is 5.32 Å². The van der Waals surface area contributed by atoms with Crippen LogP contribution in [0.1, 0.15) is 52.6 Å². The van der Waals surface area contributed by atoms with E-state index in [9.17, 15) is 14.4 Å². The summed E-state index contributed by atoms with van der Waals surface area (Å²) in [5.41, 5.74) is 3.04. The Labute approximate surface area is 166 Å². The Kier molecular flexibility index (Phi) is 7.10. The molecule has 0 aliphatic rings. The first-order valence-electron chi connectivity index (χ1n) is 9.38. The Morgan fingerprint density at radius 2 is 1.50 bits per heavy atom. The molecule has 28 heavy (non-hydrogen) atoms. The lowest BCUT2D eigenvalue weighted by Crippen LogP contribution is -2.46. The molecule has 5 nitrogen and oxygen atoms in total. The number of ketones is 1. The number of carbonyl (C=O) groups is 3. The standard InChI is InChI=1S/C23H27NO4/c1-14(2)20(24-22(26)18-9-7-6-8-10-18)23(27)28-17(5)21(25)19-12-11-15(3)16(4)13-19/h6-14,17,20H,1-5H3,(H,24,26)/t17?,20-/m0/s1. The predicted molar refractivity (Wildman–Crippen MR) is 108 cm³/mol. The number of esters is 1. The molecular weight excluding hydrogens is 354 g/mol. The summed E-state index contributed by atoms with van der Waals surface area (Å²) in [6.45, 7) is 9.07. The smallest absolute Gasteiger partial charge is 0.329 e. The molecule has 2 atom stereocenters. The maximum absolute atomic E-state index is 12.6. The third kappa shape index (κ3) is 5.28. The van der Waals surface area contributed by atoms with Crippen molar-refractivity contribution in [1.29, 1.82) is 0 Å². The number of carbonyl (C=O) groups excluding carboxylic acids is 3. The Morgan fingerprint density at radius 1 is 0.857 bits per heavy atom. The van der Waals surface area contributed by atoms with Crippen LogP contribution in [-0.2, 0) is 9.53 Å². The van der Waals surface area contributed by atoms with E-state index in [-0.39, 0.29) is 17.6 Å². The molecule has 2 aromatic carbocycles. The van der Waals surface area contributed by atoms with Gasteiger partial charge in [-0.15, -0.1) is 0 Å². The maximum Gasteiger partial charge on any atom is 0.329 e. The van der Waals surface area contributed by atoms with Crippen LogP contribution in [-0.4, -0.2) is 29.8 Å². The zero-order valence-electron chi connectivity index (χ0n) is 17.0. The number of rotatable bonds is 7. The van der Waals surface area contributed by atoms with E-state index in [1.165, 1.54) is 0 Å². The monoisotopic (exact) mass is 381 g/mol. The molecule has 0 bridgehead atoms. The minimum absolute atomic E-state index is 0.191. The molecule has 0 aliphatic carbocycles. The number of nitrogens with one attached hydrogen (secondary N) is 1. The van der Waals surface area contributed by atoms with E-state index < -0.39 is 18.1 Å². The second kappa shape index (κ2) is 9.31. The lowest BCUT2D eigenvalue weighted by molar-refractivity contribution is -0.149. The summed E-state index contributed by atoms with van der Waals surface area (Å²) in [5, 5.41) is 2.71. The minimum atomic E-state index is -0.940. The highest BCUT2D eigenvalue weighted by molar-refractivity contribution is 6.01. The zero-order valence-corrected chi connectivity index (χ0v) is 17.0. The van der Waals surface area contributed by atoms with Gasteiger partial charge in [0.15, 0.2) is 6.10 Å². The van der Waals surface area contributed by atoms with Gasteiger partial charge >= 0.3 is 5.97 Å². The van der Waals surface area contributed by atoms with E-state index in [0.29, 0.717) is 11.1 Å². The molecule has 0 aromatic heterocycles. The molecule has 5 heteroatoms. The van der Waals surface area contributed by atoms with Crippen LogP contribution in [0.2, 0.25) is 0 Å². The fraction of sp³-hybridized carbons (Fsp3) is 0.348. The van der Waals surface area contributed by atoms with Crippen LogP contribution in [0.25, 0.3) is 0 Å². The van der Waals surface area contributed by atoms with Crippen LogP contribution in [0.4, 0.5) is 0 Å². The number of Topliss-reactive ketones (excluding diaryl/α,β-unsaturated/α-hetero) is 1. The predicted octanol–water partition coefficient (Wildman–Crippen LogP) is 3.87. The van der Waals surface area contributed by atoms with Crippen LogP contribution in [0.15, 0.2) is 48.5 Å². The molecule has 2 rings (SSSR count). The van der Waals surface area contributed by atoms with Gasteiger partial charge in [-0.1, -0.05) is 44.2 Å². The van der Waals surface area contributed by atoms with Gasteiger partial charge in [0.05, 0.1) is 0 Å². The molecule has 0 saturated heterocycles. The number of hydrogen-bond acceptors (Lipinski definition) is 4. The highest BCUT2D eigenvalue weighted by Crippen LogP contribution is 2.14. The Morgan fingerprint density at radius 3 is 2.07 bits per heavy atom. The molecule has 0 radical (unpaired) electrons. The van der Waals surface area contributed by atoms with Crippen molar-refractivity contribution in [3.8, 4) is 0 Å². The first-order valence-corrected chi connectivity index (χ1v) is 9.38. The van der Waals surface area contributed by atoms with Gasteiger partial charge in [0.2, 0.25) is 5.78 Å². The van der Waals surface area contributed by atoms with Gasteiger partial charge < -0.3 is 10.1 Å². The van der Waals surface area contributed by atoms with Crippen LogP contribution in [0.3, 0.4) is 0 Å². The van der Waals surface area contributed by atoms with Crippen molar-refractivity contribution < 1.29 is 19.1 Å². The third-order valence-electron chi connectivity index (χ3n) is 4.70. The zero-order chi connectivity index (χ0) is 20.8. The summed E-state index contributed by atoms with van der Waals surface area (Å²) >= 11 is 0. The van der Waals surface area contributed by atoms with Gasteiger partial charge in [0.1, 0.15) is 6.04 Å². The number of aryl methyl sites for hydroxylation is 2. The lowest BCUT2D eigenvalue weighted by atomic mass is 10.0. The van der Waals surface area contributed by atoms with Gasteiger partial charge in [-0.2, -0.15) is 0 Å². The SMILES string of the molecule is Cc1ccc(C(=O)C(C)OC(=O)[C@@H](NC(=O)c2ccccc2)C(C)C)cc1C. The summed E-state index contributed by atoms with van der Waals surface area (Å²) < 4.78 is 5.39. The largest absolute Gasteiger partial charge is 0.453 e. The molecule has 0 fully saturated rings. The van der Waals surface area contributed by atoms with Crippen molar-refractivity contribution in [2.75, 3.05) is 0 Å². The number of ether oxygens (including phenoxy) is 1. The van der Waals surface area contributed by atoms with Gasteiger partial charge in [-0.3, -0.25) is 9.59 Å². The lowest BCUT2D eigenvalue weighted by Gasteiger charge is -2.23. The van der Waals surface area contributed by atoms with Crippen molar-refractivity contribution in [1.82, 2.24) is 5.32 Å². The van der Waals surface area contributed by atoms with Gasteiger partial charge in [-0.05, 0) is 56.0 Å². The summed E-state index contributed by atoms with van der Waals surface area (Å²) in [5.74, 6) is -1.44. The Balaban J connectivity index is 2.07. The van der Waals surface area contributed by atoms with Gasteiger partial charge in [-0.25, -0.2) is 4.79 Å². The van der Waals surface area contributed by atoms with E-state index in [1.54, 1.807) is 43.3 Å². The molecular formula is C23H27NO4. The van der Waals surface area contributed by atoms with Crippen molar-refractivity contribution in [3.63, 3.8) is 0 Å². The summed E-state index contributed by atoms with van der Waals surface area (Å²) in [4.78, 5) is 37.6. The summed E-state index contributed by atoms with van der Waals surface area (Å²) in [6.07, 6.45) is -0.940. The van der Waals surface area contributed by atoms with Crippen molar-refractivity contribution in [3.05, 3.63) is 70.8 Å². The summed E-state index contributed by atoms with van der Waals surface area (Å²) in [6, 6.07) is 13.2. The average molecular weight is 381 g/mol. The van der Waals surface area contributed by atoms with E-state index in [0.717, 1.165) is 11.1 Å². The molecule has 2 aromatic rings. The Bertz CT molecular complexity index is 858. The first-order chi connectivity index (χ1) is 13.2. The quantitative estimate of drug-likeness (QED) is 0.584. The van der Waals surface area contributed by atoms with Crippen molar-refractivity contribution >= 4 is 17.7 Å². The minimum Gasteiger partial charge on any atom is -0.453 e. The fourth-order valence-corrected chi connectivity index (χ4v) is 2.74. The van der Waals surface area contributed by atoms with Crippen LogP contribution in [0, 0.1) is 19.8 Å². The van der Waals surface area contributed by atoms with Crippen molar-refractivity contribution in [2.24, 2.45) is 5.92 Å². The summed E-state index contributed by atoms with van der Waals surface area (Å²) in [7, 11) is 0. The van der Waals surface area contributed by atoms with Gasteiger partial charge in [0, 0.05) is 11.1 Å². The molecule has 1 unspecified atom stereocenters. The van der Waals surface area contributed by atoms with Crippen LogP contribution < -0.4 is 5.32 Å². The second-order valence-electron chi connectivity index (χ2n) is 7.30. The molecule has 1 amide bonds. The van der Waals surface area contributed by atoms with E-state index in [4.69, 9.17) is 4.74 Å². The van der Waals surface area contributed by atoms with Gasteiger partial charge in [0.25, 0.3) is 5.91 Å². The van der Waals surface area contributed by atoms with E-state index in [1.807, 2.05) is 39.8 Å². The molecule has 0 saturated carbocycles. The molecule has 0 heterocycles. The number of amides is 1. The fourth-order valence-electron chi connectivity index (χ4n) is 2.74. The number of hydrogen-bond donors (Lipinski definition) is 1. The molecule has 148 valence electrons. The molecule has 0 aliphatic heterocycles. The highest BCUT2D eigenvalue weighted by atomic mass is 16.5. The molecule has 0 spiro atoms. The molecule has 1 N–H and O–H groups in total. The number of benzene rings is 2. The first kappa shape index (κ1) is 21.4. The van der Waals surface area contributed by atoms with Crippen LogP contribution >= 0.6 is 0 Å².